The number of hydrogen-bond donors (Lipinski definition) is 0. The Morgan fingerprint density at radius 1 is 1.27 bits per heavy atom. The summed E-state index contributed by atoms with van der Waals surface area (Å²) in [5.74, 6) is -0.769. The highest BCUT2D eigenvalue weighted by molar-refractivity contribution is 5.89. The van der Waals surface area contributed by atoms with Crippen LogP contribution in [0.2, 0.25) is 0 Å². The van der Waals surface area contributed by atoms with Crippen molar-refractivity contribution in [3.8, 4) is 12.1 Å². The Labute approximate surface area is 130 Å². The van der Waals surface area contributed by atoms with E-state index >= 15 is 0 Å². The topological polar surface area (TPSA) is 73.9 Å². The van der Waals surface area contributed by atoms with Gasteiger partial charge in [0.15, 0.2) is 5.41 Å². The van der Waals surface area contributed by atoms with Crippen LogP contribution in [-0.2, 0) is 4.74 Å². The number of carbonyl (C=O) groups excluding carboxylic acids is 1. The molecule has 1 rings (SSSR count). The summed E-state index contributed by atoms with van der Waals surface area (Å²) < 4.78 is 4.66. The minimum atomic E-state index is -1.21. The van der Waals surface area contributed by atoms with Crippen LogP contribution in [0.25, 0.3) is 0 Å². The molecule has 112 valence electrons. The van der Waals surface area contributed by atoms with Crippen LogP contribution in [0.5, 0.6) is 0 Å². The van der Waals surface area contributed by atoms with Crippen LogP contribution < -0.4 is 0 Å². The third kappa shape index (κ3) is 3.42. The molecule has 0 radical (unpaired) electrons. The molecule has 0 aliphatic heterocycles. The molecule has 1 unspecified atom stereocenters. The normalized spacial score (nSPS) is 11.6. The molecule has 1 aromatic rings. The number of allylic oxidation sites excluding steroid dienone is 2. The van der Waals surface area contributed by atoms with Gasteiger partial charge in [-0.25, -0.2) is 4.79 Å². The highest BCUT2D eigenvalue weighted by Gasteiger charge is 2.38. The fourth-order valence-electron chi connectivity index (χ4n) is 2.40. The van der Waals surface area contributed by atoms with Crippen molar-refractivity contribution in [2.24, 2.45) is 5.41 Å². The maximum absolute atomic E-state index is 11.5. The molecule has 0 heterocycles. The largest absolute Gasteiger partial charge is 0.465 e. The maximum atomic E-state index is 11.5. The van der Waals surface area contributed by atoms with Crippen LogP contribution in [0.3, 0.4) is 0 Å². The summed E-state index contributed by atoms with van der Waals surface area (Å²) in [4.78, 5) is 11.5. The van der Waals surface area contributed by atoms with Gasteiger partial charge in [-0.05, 0) is 30.5 Å². The van der Waals surface area contributed by atoms with Crippen LogP contribution in [0.15, 0.2) is 49.6 Å². The third-order valence-electron chi connectivity index (χ3n) is 3.60. The predicted octanol–water partition coefficient (Wildman–Crippen LogP) is 3.74. The molecule has 1 aromatic carbocycles. The molecular formula is C18H18N2O2. The molecular weight excluding hydrogens is 276 g/mol. The minimum absolute atomic E-state index is 0.261. The molecule has 0 aromatic heterocycles. The molecule has 4 heteroatoms. The average Bonchev–Trinajstić information content (AvgIpc) is 2.57. The summed E-state index contributed by atoms with van der Waals surface area (Å²) in [7, 11) is 1.32. The first-order valence-electron chi connectivity index (χ1n) is 6.81. The van der Waals surface area contributed by atoms with Crippen molar-refractivity contribution in [1.82, 2.24) is 0 Å². The lowest BCUT2D eigenvalue weighted by Crippen LogP contribution is -2.25. The SMILES string of the molecule is C=CCC(c1ccc(C(=O)OC)cc1)C(C#N)(C#N)CC=C. The van der Waals surface area contributed by atoms with Crippen LogP contribution in [0.1, 0.15) is 34.7 Å². The van der Waals surface area contributed by atoms with Gasteiger partial charge >= 0.3 is 5.97 Å². The van der Waals surface area contributed by atoms with Crippen molar-refractivity contribution >= 4 is 5.97 Å². The Kier molecular flexibility index (Phi) is 6.10. The molecule has 0 fully saturated rings. The van der Waals surface area contributed by atoms with Gasteiger partial charge in [-0.3, -0.25) is 0 Å². The molecule has 4 nitrogen and oxygen atoms in total. The van der Waals surface area contributed by atoms with Gasteiger partial charge in [0.1, 0.15) is 0 Å². The van der Waals surface area contributed by atoms with Crippen molar-refractivity contribution in [1.29, 1.82) is 10.5 Å². The summed E-state index contributed by atoms with van der Waals surface area (Å²) in [5.41, 5.74) is 0.0206. The molecule has 0 aliphatic carbocycles. The van der Waals surface area contributed by atoms with E-state index in [2.05, 4.69) is 30.0 Å². The molecule has 22 heavy (non-hydrogen) atoms. The molecule has 0 amide bonds. The number of carbonyl (C=O) groups is 1. The zero-order chi connectivity index (χ0) is 16.6. The van der Waals surface area contributed by atoms with Gasteiger partial charge in [0.25, 0.3) is 0 Å². The van der Waals surface area contributed by atoms with E-state index in [4.69, 9.17) is 0 Å². The second-order valence-electron chi connectivity index (χ2n) is 4.88. The van der Waals surface area contributed by atoms with E-state index in [-0.39, 0.29) is 12.3 Å². The number of ether oxygens (including phenoxy) is 1. The van der Waals surface area contributed by atoms with Crippen LogP contribution >= 0.6 is 0 Å². The number of nitriles is 2. The second kappa shape index (κ2) is 7.81. The van der Waals surface area contributed by atoms with Crippen LogP contribution in [-0.4, -0.2) is 13.1 Å². The molecule has 0 saturated carbocycles. The first-order chi connectivity index (χ1) is 10.6. The fraction of sp³-hybridized carbons (Fsp3) is 0.278. The maximum Gasteiger partial charge on any atom is 0.337 e. The first kappa shape index (κ1) is 17.2. The summed E-state index contributed by atoms with van der Waals surface area (Å²) in [6.07, 6.45) is 4.00. The van der Waals surface area contributed by atoms with Crippen molar-refractivity contribution in [2.75, 3.05) is 7.11 Å². The number of hydrogen-bond acceptors (Lipinski definition) is 4. The zero-order valence-electron chi connectivity index (χ0n) is 12.6. The molecule has 0 saturated heterocycles. The quantitative estimate of drug-likeness (QED) is 0.567. The van der Waals surface area contributed by atoms with Crippen LogP contribution in [0, 0.1) is 28.1 Å². The van der Waals surface area contributed by atoms with E-state index in [0.29, 0.717) is 12.0 Å². The number of methoxy groups -OCH3 is 1. The standard InChI is InChI=1S/C18H18N2O2/c1-4-6-16(18(12-19,13-20)11-5-2)14-7-9-15(10-8-14)17(21)22-3/h4-5,7-10,16H,1-2,6,11H2,3H3. The molecule has 0 aliphatic rings. The number of benzene rings is 1. The first-order valence-corrected chi connectivity index (χ1v) is 6.81. The zero-order valence-corrected chi connectivity index (χ0v) is 12.6. The van der Waals surface area contributed by atoms with Crippen molar-refractivity contribution < 1.29 is 9.53 Å². The number of esters is 1. The lowest BCUT2D eigenvalue weighted by molar-refractivity contribution is 0.0600. The van der Waals surface area contributed by atoms with Gasteiger partial charge in [0, 0.05) is 5.92 Å². The predicted molar refractivity (Wildman–Crippen MR) is 83.8 cm³/mol. The Morgan fingerprint density at radius 3 is 2.27 bits per heavy atom. The molecule has 0 bridgehead atoms. The molecule has 0 spiro atoms. The number of nitrogens with zero attached hydrogens (tertiary/aromatic N) is 2. The summed E-state index contributed by atoms with van der Waals surface area (Å²) in [6, 6.07) is 11.0. The van der Waals surface area contributed by atoms with E-state index in [1.807, 2.05) is 0 Å². The van der Waals surface area contributed by atoms with Crippen molar-refractivity contribution in [2.45, 2.75) is 18.8 Å². The van der Waals surface area contributed by atoms with Crippen LogP contribution in [0.4, 0.5) is 0 Å². The highest BCUT2D eigenvalue weighted by Crippen LogP contribution is 2.41. The van der Waals surface area contributed by atoms with E-state index in [1.165, 1.54) is 7.11 Å². The summed E-state index contributed by atoms with van der Waals surface area (Å²) in [6.45, 7) is 7.35. The van der Waals surface area contributed by atoms with E-state index < -0.39 is 11.4 Å². The third-order valence-corrected chi connectivity index (χ3v) is 3.60. The minimum Gasteiger partial charge on any atom is -0.465 e. The van der Waals surface area contributed by atoms with Gasteiger partial charge in [-0.1, -0.05) is 24.3 Å². The Hall–Kier alpha value is -2.85. The summed E-state index contributed by atoms with van der Waals surface area (Å²) in [5, 5.41) is 19.0. The second-order valence-corrected chi connectivity index (χ2v) is 4.88. The highest BCUT2D eigenvalue weighted by atomic mass is 16.5. The smallest absolute Gasteiger partial charge is 0.337 e. The van der Waals surface area contributed by atoms with Gasteiger partial charge < -0.3 is 4.74 Å². The average molecular weight is 294 g/mol. The lowest BCUT2D eigenvalue weighted by Gasteiger charge is -2.28. The summed E-state index contributed by atoms with van der Waals surface area (Å²) >= 11 is 0. The number of rotatable bonds is 7. The molecule has 0 N–H and O–H groups in total. The Morgan fingerprint density at radius 2 is 1.86 bits per heavy atom. The van der Waals surface area contributed by atoms with E-state index in [9.17, 15) is 15.3 Å². The monoisotopic (exact) mass is 294 g/mol. The Bertz CT molecular complexity index is 619. The van der Waals surface area contributed by atoms with E-state index in [1.54, 1.807) is 36.4 Å². The molecule has 1 atom stereocenters. The fourth-order valence-corrected chi connectivity index (χ4v) is 2.40. The van der Waals surface area contributed by atoms with Gasteiger partial charge in [0.2, 0.25) is 0 Å². The van der Waals surface area contributed by atoms with E-state index in [0.717, 1.165) is 5.56 Å². The van der Waals surface area contributed by atoms with Gasteiger partial charge in [-0.2, -0.15) is 10.5 Å². The lowest BCUT2D eigenvalue weighted by atomic mass is 9.70. The van der Waals surface area contributed by atoms with Crippen molar-refractivity contribution in [3.05, 3.63) is 60.7 Å². The van der Waals surface area contributed by atoms with Gasteiger partial charge in [0.05, 0.1) is 24.8 Å². The Balaban J connectivity index is 3.28. The van der Waals surface area contributed by atoms with Crippen molar-refractivity contribution in [3.63, 3.8) is 0 Å². The van der Waals surface area contributed by atoms with Gasteiger partial charge in [-0.15, -0.1) is 13.2 Å².